The zero-order chi connectivity index (χ0) is 26.8. The van der Waals surface area contributed by atoms with Crippen molar-refractivity contribution in [3.63, 3.8) is 0 Å². The van der Waals surface area contributed by atoms with Crippen molar-refractivity contribution in [3.8, 4) is 11.5 Å². The lowest BCUT2D eigenvalue weighted by Gasteiger charge is -2.38. The average Bonchev–Trinajstić information content (AvgIpc) is 3.57. The Morgan fingerprint density at radius 2 is 1.72 bits per heavy atom. The van der Waals surface area contributed by atoms with Gasteiger partial charge in [-0.15, -0.1) is 5.10 Å². The summed E-state index contributed by atoms with van der Waals surface area (Å²) in [6.07, 6.45) is 1.62. The van der Waals surface area contributed by atoms with Crippen LogP contribution in [0.2, 0.25) is 0 Å². The second-order valence-corrected chi connectivity index (χ2v) is 9.75. The van der Waals surface area contributed by atoms with Crippen molar-refractivity contribution in [2.75, 3.05) is 27.3 Å². The molecule has 1 atom stereocenters. The van der Waals surface area contributed by atoms with E-state index in [2.05, 4.69) is 37.5 Å². The molecule has 1 aliphatic rings. The molecular weight excluding hydrogens is 494 g/mol. The molecule has 0 saturated carbocycles. The van der Waals surface area contributed by atoms with Crippen molar-refractivity contribution < 1.29 is 9.47 Å². The van der Waals surface area contributed by atoms with Crippen molar-refractivity contribution in [3.05, 3.63) is 100 Å². The summed E-state index contributed by atoms with van der Waals surface area (Å²) in [5.74, 6) is 2.05. The number of likely N-dealkylation sites (tertiary alicyclic amines) is 1. The predicted molar refractivity (Wildman–Crippen MR) is 147 cm³/mol. The second kappa shape index (κ2) is 10.7. The number of nitrogens with zero attached hydrogens (tertiary/aromatic N) is 6. The lowest BCUT2D eigenvalue weighted by Crippen LogP contribution is -2.40. The van der Waals surface area contributed by atoms with E-state index in [1.54, 1.807) is 14.2 Å². The van der Waals surface area contributed by atoms with Gasteiger partial charge in [-0.2, -0.15) is 0 Å². The second-order valence-electron chi connectivity index (χ2n) is 9.75. The lowest BCUT2D eigenvalue weighted by atomic mass is 9.97. The number of imidazole rings is 1. The van der Waals surface area contributed by atoms with Crippen molar-refractivity contribution in [2.45, 2.75) is 31.5 Å². The largest absolute Gasteiger partial charge is 0.493 e. The van der Waals surface area contributed by atoms with Gasteiger partial charge in [0.25, 0.3) is 0 Å². The van der Waals surface area contributed by atoms with Crippen LogP contribution in [0, 0.1) is 0 Å². The van der Waals surface area contributed by atoms with Gasteiger partial charge >= 0.3 is 5.69 Å². The molecule has 2 aromatic heterocycles. The SMILES string of the molecule is COc1cccc(C(c2nnnn2Cc2ccccc2)N2CCC(n3c(=O)[nH]c4ccccc43)CC2)c1OC. The van der Waals surface area contributed by atoms with Crippen molar-refractivity contribution in [1.29, 1.82) is 0 Å². The molecule has 5 aromatic rings. The summed E-state index contributed by atoms with van der Waals surface area (Å²) in [6.45, 7) is 2.05. The van der Waals surface area contributed by atoms with E-state index in [-0.39, 0.29) is 17.8 Å². The van der Waals surface area contributed by atoms with Crippen LogP contribution in [0.25, 0.3) is 11.0 Å². The molecule has 10 heteroatoms. The van der Waals surface area contributed by atoms with Crippen molar-refractivity contribution >= 4 is 11.0 Å². The number of para-hydroxylation sites is 3. The molecule has 3 aromatic carbocycles. The molecule has 0 radical (unpaired) electrons. The van der Waals surface area contributed by atoms with E-state index in [1.807, 2.05) is 69.9 Å². The number of aromatic amines is 1. The third-order valence-electron chi connectivity index (χ3n) is 7.56. The maximum absolute atomic E-state index is 12.9. The molecule has 0 spiro atoms. The molecule has 1 aliphatic heterocycles. The number of methoxy groups -OCH3 is 2. The van der Waals surface area contributed by atoms with Gasteiger partial charge in [0.15, 0.2) is 17.3 Å². The first kappa shape index (κ1) is 24.9. The highest BCUT2D eigenvalue weighted by Crippen LogP contribution is 2.41. The van der Waals surface area contributed by atoms with Gasteiger partial charge in [-0.25, -0.2) is 9.48 Å². The molecule has 200 valence electrons. The van der Waals surface area contributed by atoms with Crippen LogP contribution in [0.5, 0.6) is 11.5 Å². The molecule has 0 aliphatic carbocycles. The Labute approximate surface area is 225 Å². The molecule has 1 unspecified atom stereocenters. The van der Waals surface area contributed by atoms with E-state index >= 15 is 0 Å². The predicted octanol–water partition coefficient (Wildman–Crippen LogP) is 3.81. The van der Waals surface area contributed by atoms with Crippen LogP contribution >= 0.6 is 0 Å². The van der Waals surface area contributed by atoms with Gasteiger partial charge in [-0.1, -0.05) is 54.6 Å². The number of tetrazole rings is 1. The molecule has 1 saturated heterocycles. The zero-order valence-electron chi connectivity index (χ0n) is 22.0. The summed E-state index contributed by atoms with van der Waals surface area (Å²) in [5.41, 5.74) is 3.79. The Bertz CT molecular complexity index is 1620. The summed E-state index contributed by atoms with van der Waals surface area (Å²) < 4.78 is 15.3. The van der Waals surface area contributed by atoms with Crippen LogP contribution in [0.1, 0.15) is 41.9 Å². The number of nitrogens with one attached hydrogen (secondary N) is 1. The van der Waals surface area contributed by atoms with Gasteiger partial charge in [-0.05, 0) is 47.0 Å². The van der Waals surface area contributed by atoms with Crippen LogP contribution in [0.3, 0.4) is 0 Å². The highest BCUT2D eigenvalue weighted by Gasteiger charge is 2.35. The number of piperidine rings is 1. The molecule has 0 bridgehead atoms. The number of ether oxygens (including phenoxy) is 2. The molecule has 39 heavy (non-hydrogen) atoms. The monoisotopic (exact) mass is 525 g/mol. The van der Waals surface area contributed by atoms with Gasteiger partial charge < -0.3 is 14.5 Å². The molecule has 1 fully saturated rings. The van der Waals surface area contributed by atoms with Gasteiger partial charge in [0.2, 0.25) is 0 Å². The van der Waals surface area contributed by atoms with Crippen LogP contribution in [-0.4, -0.2) is 62.0 Å². The smallest absolute Gasteiger partial charge is 0.326 e. The maximum atomic E-state index is 12.9. The highest BCUT2D eigenvalue weighted by atomic mass is 16.5. The summed E-state index contributed by atoms with van der Waals surface area (Å²) in [7, 11) is 3.29. The molecule has 3 heterocycles. The first-order valence-corrected chi connectivity index (χ1v) is 13.1. The fourth-order valence-corrected chi connectivity index (χ4v) is 5.74. The van der Waals surface area contributed by atoms with E-state index < -0.39 is 0 Å². The normalized spacial score (nSPS) is 15.4. The summed E-state index contributed by atoms with van der Waals surface area (Å²) in [6, 6.07) is 23.7. The van der Waals surface area contributed by atoms with E-state index in [4.69, 9.17) is 9.47 Å². The maximum Gasteiger partial charge on any atom is 0.326 e. The van der Waals surface area contributed by atoms with Crippen molar-refractivity contribution in [2.24, 2.45) is 0 Å². The summed E-state index contributed by atoms with van der Waals surface area (Å²) in [5, 5.41) is 13.0. The molecular formula is C29H31N7O3. The lowest BCUT2D eigenvalue weighted by molar-refractivity contribution is 0.144. The van der Waals surface area contributed by atoms with Gasteiger partial charge in [0.05, 0.1) is 31.8 Å². The minimum atomic E-state index is -0.269. The Morgan fingerprint density at radius 1 is 0.949 bits per heavy atom. The Morgan fingerprint density at radius 3 is 2.49 bits per heavy atom. The van der Waals surface area contributed by atoms with E-state index in [9.17, 15) is 4.79 Å². The third-order valence-corrected chi connectivity index (χ3v) is 7.56. The molecule has 6 rings (SSSR count). The van der Waals surface area contributed by atoms with Crippen LogP contribution in [-0.2, 0) is 6.54 Å². The minimum Gasteiger partial charge on any atom is -0.493 e. The van der Waals surface area contributed by atoms with E-state index in [0.717, 1.165) is 53.9 Å². The molecule has 0 amide bonds. The van der Waals surface area contributed by atoms with Crippen molar-refractivity contribution in [1.82, 2.24) is 34.7 Å². The van der Waals surface area contributed by atoms with Crippen LogP contribution in [0.15, 0.2) is 77.6 Å². The van der Waals surface area contributed by atoms with Gasteiger partial charge in [0, 0.05) is 24.7 Å². The fraction of sp³-hybridized carbons (Fsp3) is 0.310. The zero-order valence-corrected chi connectivity index (χ0v) is 22.0. The number of aromatic nitrogens is 6. The Hall–Kier alpha value is -4.44. The fourth-order valence-electron chi connectivity index (χ4n) is 5.74. The molecule has 1 N–H and O–H groups in total. The first-order chi connectivity index (χ1) is 19.2. The topological polar surface area (TPSA) is 103 Å². The van der Waals surface area contributed by atoms with Crippen LogP contribution < -0.4 is 15.2 Å². The van der Waals surface area contributed by atoms with E-state index in [0.29, 0.717) is 18.0 Å². The highest BCUT2D eigenvalue weighted by molar-refractivity contribution is 5.75. The Kier molecular flexibility index (Phi) is 6.85. The van der Waals surface area contributed by atoms with Crippen LogP contribution in [0.4, 0.5) is 0 Å². The summed E-state index contributed by atoms with van der Waals surface area (Å²) in [4.78, 5) is 18.2. The first-order valence-electron chi connectivity index (χ1n) is 13.1. The quantitative estimate of drug-likeness (QED) is 0.329. The Balaban J connectivity index is 1.36. The standard InChI is InChI=1S/C29H31N7O3/c1-38-25-14-8-11-22(27(25)39-2)26(28-31-32-33-35(28)19-20-9-4-3-5-10-20)34-17-15-21(16-18-34)36-24-13-7-6-12-23(24)30-29(36)37/h3-14,21,26H,15-19H2,1-2H3,(H,30,37). The average molecular weight is 526 g/mol. The number of benzene rings is 3. The number of hydrogen-bond acceptors (Lipinski definition) is 7. The number of H-pyrrole nitrogens is 1. The number of rotatable bonds is 8. The van der Waals surface area contributed by atoms with Gasteiger partial charge in [0.1, 0.15) is 6.04 Å². The number of hydrogen-bond donors (Lipinski definition) is 1. The molecule has 10 nitrogen and oxygen atoms in total. The number of fused-ring (bicyclic) bond motifs is 1. The summed E-state index contributed by atoms with van der Waals surface area (Å²) >= 11 is 0. The third kappa shape index (κ3) is 4.67. The minimum absolute atomic E-state index is 0.0625. The van der Waals surface area contributed by atoms with E-state index in [1.165, 1.54) is 0 Å². The van der Waals surface area contributed by atoms with Gasteiger partial charge in [-0.3, -0.25) is 9.47 Å².